The smallest absolute Gasteiger partial charge is 0.139 e. The molecule has 2 heteroatoms. The molecule has 0 amide bonds. The number of Topliss-reactive ketones (excluding diaryl/α,β-unsaturated/α-hetero) is 1. The first kappa shape index (κ1) is 14.0. The summed E-state index contributed by atoms with van der Waals surface area (Å²) in [5.74, 6) is 2.60. The number of rotatable bonds is 0. The van der Waals surface area contributed by atoms with Gasteiger partial charge in [-0.25, -0.2) is 0 Å². The highest BCUT2D eigenvalue weighted by atomic mass is 16.3. The Labute approximate surface area is 128 Å². The Kier molecular flexibility index (Phi) is 2.96. The van der Waals surface area contributed by atoms with Gasteiger partial charge < -0.3 is 5.11 Å². The molecule has 21 heavy (non-hydrogen) atoms. The van der Waals surface area contributed by atoms with E-state index in [1.165, 1.54) is 12.0 Å². The number of carbonyl (C=O) groups is 1. The summed E-state index contributed by atoms with van der Waals surface area (Å²) >= 11 is 0. The van der Waals surface area contributed by atoms with E-state index in [1.54, 1.807) is 0 Å². The van der Waals surface area contributed by atoms with Gasteiger partial charge in [0.2, 0.25) is 0 Å². The molecule has 0 saturated heterocycles. The second-order valence-electron chi connectivity index (χ2n) is 8.57. The summed E-state index contributed by atoms with van der Waals surface area (Å²) in [7, 11) is 0. The van der Waals surface area contributed by atoms with Gasteiger partial charge in [0.15, 0.2) is 0 Å². The van der Waals surface area contributed by atoms with Crippen molar-refractivity contribution in [2.45, 2.75) is 71.3 Å². The fourth-order valence-electron chi connectivity index (χ4n) is 6.41. The van der Waals surface area contributed by atoms with Crippen molar-refractivity contribution in [3.63, 3.8) is 0 Å². The fraction of sp³-hybridized carbons (Fsp3) is 0.842. The Morgan fingerprint density at radius 2 is 1.81 bits per heavy atom. The van der Waals surface area contributed by atoms with Gasteiger partial charge in [-0.3, -0.25) is 4.79 Å². The minimum atomic E-state index is -0.122. The molecule has 0 aromatic carbocycles. The lowest BCUT2D eigenvalue weighted by Gasteiger charge is -2.56. The number of aliphatic hydroxyl groups excluding tert-OH is 1. The van der Waals surface area contributed by atoms with Crippen molar-refractivity contribution in [2.24, 2.45) is 28.6 Å². The molecule has 116 valence electrons. The van der Waals surface area contributed by atoms with Crippen LogP contribution in [0.2, 0.25) is 0 Å². The molecule has 4 aliphatic carbocycles. The lowest BCUT2D eigenvalue weighted by molar-refractivity contribution is -0.132. The highest BCUT2D eigenvalue weighted by molar-refractivity contribution is 5.87. The van der Waals surface area contributed by atoms with Crippen LogP contribution in [0, 0.1) is 28.6 Å². The standard InChI is InChI=1S/C19H28O2/c1-18-9-7-13(20)11-12(18)3-4-14-15-5-6-17(21)19(15,2)10-8-16(14)18/h3,13-16,20H,4-11H2,1-2H3/t13-,14+,15-,16-,18-,19+/m0/s1. The van der Waals surface area contributed by atoms with Gasteiger partial charge in [0, 0.05) is 11.8 Å². The molecule has 4 rings (SSSR count). The Morgan fingerprint density at radius 1 is 1.10 bits per heavy atom. The molecule has 6 atom stereocenters. The van der Waals surface area contributed by atoms with Crippen molar-refractivity contribution in [2.75, 3.05) is 0 Å². The van der Waals surface area contributed by atoms with Crippen LogP contribution in [0.5, 0.6) is 0 Å². The molecule has 1 N–H and O–H groups in total. The van der Waals surface area contributed by atoms with Gasteiger partial charge in [-0.2, -0.15) is 0 Å². The van der Waals surface area contributed by atoms with Crippen molar-refractivity contribution in [1.82, 2.24) is 0 Å². The van der Waals surface area contributed by atoms with Crippen LogP contribution in [0.15, 0.2) is 11.6 Å². The molecular weight excluding hydrogens is 260 g/mol. The van der Waals surface area contributed by atoms with Crippen molar-refractivity contribution < 1.29 is 9.90 Å². The zero-order valence-corrected chi connectivity index (χ0v) is 13.4. The van der Waals surface area contributed by atoms with Gasteiger partial charge >= 0.3 is 0 Å². The molecule has 0 heterocycles. The maximum absolute atomic E-state index is 12.4. The Morgan fingerprint density at radius 3 is 2.62 bits per heavy atom. The Bertz CT molecular complexity index is 508. The molecule has 0 unspecified atom stereocenters. The first-order valence-electron chi connectivity index (χ1n) is 8.86. The van der Waals surface area contributed by atoms with E-state index < -0.39 is 0 Å². The van der Waals surface area contributed by atoms with E-state index in [9.17, 15) is 9.90 Å². The van der Waals surface area contributed by atoms with Crippen LogP contribution < -0.4 is 0 Å². The van der Waals surface area contributed by atoms with Crippen LogP contribution in [0.4, 0.5) is 0 Å². The van der Waals surface area contributed by atoms with Gasteiger partial charge in [0.05, 0.1) is 6.10 Å². The highest BCUT2D eigenvalue weighted by Gasteiger charge is 2.58. The molecule has 0 aliphatic heterocycles. The van der Waals surface area contributed by atoms with Gasteiger partial charge in [0.25, 0.3) is 0 Å². The zero-order chi connectivity index (χ0) is 14.8. The summed E-state index contributed by atoms with van der Waals surface area (Å²) in [5.41, 5.74) is 1.81. The lowest BCUT2D eigenvalue weighted by Crippen LogP contribution is -2.50. The third kappa shape index (κ3) is 1.78. The number of hydrogen-bond donors (Lipinski definition) is 1. The molecule has 0 spiro atoms. The summed E-state index contributed by atoms with van der Waals surface area (Å²) in [6.07, 6.45) is 10.7. The number of allylic oxidation sites excluding steroid dienone is 1. The second kappa shape index (κ2) is 4.44. The van der Waals surface area contributed by atoms with Crippen molar-refractivity contribution in [1.29, 1.82) is 0 Å². The van der Waals surface area contributed by atoms with Crippen LogP contribution in [-0.4, -0.2) is 17.0 Å². The van der Waals surface area contributed by atoms with Crippen LogP contribution in [0.25, 0.3) is 0 Å². The SMILES string of the molecule is C[C@@]12CC[C@H]3[C@H](CC=C4C[C@@H](O)CC[C@@]43C)[C@@H]1CCC2=O. The van der Waals surface area contributed by atoms with Crippen molar-refractivity contribution >= 4 is 5.78 Å². The predicted octanol–water partition coefficient (Wildman–Crippen LogP) is 3.88. The minimum absolute atomic E-state index is 0.0168. The summed E-state index contributed by atoms with van der Waals surface area (Å²) in [6.45, 7) is 4.69. The Hall–Kier alpha value is -0.630. The van der Waals surface area contributed by atoms with Crippen molar-refractivity contribution in [3.05, 3.63) is 11.6 Å². The quantitative estimate of drug-likeness (QED) is 0.687. The topological polar surface area (TPSA) is 37.3 Å². The van der Waals surface area contributed by atoms with Gasteiger partial charge in [-0.1, -0.05) is 25.5 Å². The van der Waals surface area contributed by atoms with Crippen LogP contribution in [0.3, 0.4) is 0 Å². The van der Waals surface area contributed by atoms with E-state index in [0.717, 1.165) is 50.9 Å². The molecule has 0 bridgehead atoms. The largest absolute Gasteiger partial charge is 0.393 e. The van der Waals surface area contributed by atoms with Crippen LogP contribution in [0.1, 0.15) is 65.2 Å². The molecule has 3 fully saturated rings. The molecule has 0 aromatic rings. The average Bonchev–Trinajstić information content (AvgIpc) is 2.76. The van der Waals surface area contributed by atoms with Gasteiger partial charge in [-0.15, -0.1) is 0 Å². The summed E-state index contributed by atoms with van der Waals surface area (Å²) < 4.78 is 0. The number of hydrogen-bond acceptors (Lipinski definition) is 2. The molecule has 3 saturated carbocycles. The Balaban J connectivity index is 1.69. The van der Waals surface area contributed by atoms with Gasteiger partial charge in [0.1, 0.15) is 5.78 Å². The van der Waals surface area contributed by atoms with E-state index in [0.29, 0.717) is 23.0 Å². The second-order valence-corrected chi connectivity index (χ2v) is 8.57. The minimum Gasteiger partial charge on any atom is -0.393 e. The van der Waals surface area contributed by atoms with E-state index in [1.807, 2.05) is 0 Å². The van der Waals surface area contributed by atoms with Gasteiger partial charge in [-0.05, 0) is 68.1 Å². The zero-order valence-electron chi connectivity index (χ0n) is 13.4. The van der Waals surface area contributed by atoms with E-state index in [-0.39, 0.29) is 11.5 Å². The van der Waals surface area contributed by atoms with Crippen LogP contribution >= 0.6 is 0 Å². The monoisotopic (exact) mass is 288 g/mol. The van der Waals surface area contributed by atoms with E-state index >= 15 is 0 Å². The third-order valence-corrected chi connectivity index (χ3v) is 7.79. The van der Waals surface area contributed by atoms with Crippen LogP contribution in [-0.2, 0) is 4.79 Å². The van der Waals surface area contributed by atoms with E-state index in [4.69, 9.17) is 0 Å². The normalized spacial score (nSPS) is 52.7. The summed E-state index contributed by atoms with van der Waals surface area (Å²) in [5, 5.41) is 10.00. The predicted molar refractivity (Wildman–Crippen MR) is 82.7 cm³/mol. The third-order valence-electron chi connectivity index (χ3n) is 7.79. The van der Waals surface area contributed by atoms with Crippen molar-refractivity contribution in [3.8, 4) is 0 Å². The fourth-order valence-corrected chi connectivity index (χ4v) is 6.41. The molecule has 0 radical (unpaired) electrons. The maximum Gasteiger partial charge on any atom is 0.139 e. The molecule has 2 nitrogen and oxygen atoms in total. The number of fused-ring (bicyclic) bond motifs is 5. The molecular formula is C19H28O2. The average molecular weight is 288 g/mol. The number of aliphatic hydroxyl groups is 1. The summed E-state index contributed by atoms with van der Waals surface area (Å²) in [4.78, 5) is 12.4. The number of ketones is 1. The molecule has 0 aromatic heterocycles. The highest BCUT2D eigenvalue weighted by Crippen LogP contribution is 2.63. The molecule has 4 aliphatic rings. The maximum atomic E-state index is 12.4. The first-order valence-corrected chi connectivity index (χ1v) is 8.86. The number of carbonyl (C=O) groups excluding carboxylic acids is 1. The first-order chi connectivity index (χ1) is 9.95. The summed E-state index contributed by atoms with van der Waals surface area (Å²) in [6, 6.07) is 0. The lowest BCUT2D eigenvalue weighted by atomic mass is 9.48. The van der Waals surface area contributed by atoms with E-state index in [2.05, 4.69) is 19.9 Å².